The molecule has 0 saturated carbocycles. The van der Waals surface area contributed by atoms with Gasteiger partial charge in [0.15, 0.2) is 0 Å². The minimum absolute atomic E-state index is 0.105. The van der Waals surface area contributed by atoms with E-state index in [1.807, 2.05) is 11.0 Å². The number of benzene rings is 2. The molecular weight excluding hydrogens is 364 g/mol. The van der Waals surface area contributed by atoms with Gasteiger partial charge in [-0.1, -0.05) is 42.5 Å². The molecule has 1 fully saturated rings. The Balaban J connectivity index is 1.79. The van der Waals surface area contributed by atoms with Crippen LogP contribution in [0.4, 0.5) is 0 Å². The Morgan fingerprint density at radius 2 is 1.90 bits per heavy atom. The molecule has 0 radical (unpaired) electrons. The average Bonchev–Trinajstić information content (AvgIpc) is 3.13. The molecule has 2 aromatic rings. The van der Waals surface area contributed by atoms with Gasteiger partial charge >= 0.3 is 0 Å². The van der Waals surface area contributed by atoms with Crippen LogP contribution in [0.15, 0.2) is 54.6 Å². The van der Waals surface area contributed by atoms with Crippen LogP contribution in [0.5, 0.6) is 5.75 Å². The van der Waals surface area contributed by atoms with E-state index in [2.05, 4.69) is 53.4 Å². The third-order valence-corrected chi connectivity index (χ3v) is 5.75. The van der Waals surface area contributed by atoms with Crippen molar-refractivity contribution in [3.63, 3.8) is 0 Å². The highest BCUT2D eigenvalue weighted by molar-refractivity contribution is 5.73. The molecule has 2 atom stereocenters. The molecule has 0 spiro atoms. The molecule has 1 amide bonds. The summed E-state index contributed by atoms with van der Waals surface area (Å²) in [6.07, 6.45) is 0. The highest BCUT2D eigenvalue weighted by atomic mass is 16.5. The summed E-state index contributed by atoms with van der Waals surface area (Å²) in [5.41, 5.74) is 2.60. The van der Waals surface area contributed by atoms with Crippen LogP contribution in [0.25, 0.3) is 0 Å². The maximum absolute atomic E-state index is 12.2. The summed E-state index contributed by atoms with van der Waals surface area (Å²) in [4.78, 5) is 16.6. The van der Waals surface area contributed by atoms with Crippen molar-refractivity contribution in [2.75, 3.05) is 47.0 Å². The zero-order chi connectivity index (χ0) is 20.6. The molecule has 2 aromatic carbocycles. The highest BCUT2D eigenvalue weighted by Gasteiger charge is 2.35. The van der Waals surface area contributed by atoms with Crippen LogP contribution in [0, 0.1) is 5.92 Å². The Morgan fingerprint density at radius 3 is 2.59 bits per heavy atom. The van der Waals surface area contributed by atoms with E-state index in [4.69, 9.17) is 9.47 Å². The Kier molecular flexibility index (Phi) is 7.67. The number of amides is 1. The smallest absolute Gasteiger partial charge is 0.219 e. The SMILES string of the molecule is COCCN(CC1CN(Cc2ccccc2)CC1c1cccc(OC)c1)C(C)=O. The second-order valence-electron chi connectivity index (χ2n) is 7.78. The van der Waals surface area contributed by atoms with E-state index in [1.54, 1.807) is 21.1 Å². The van der Waals surface area contributed by atoms with E-state index in [0.717, 1.165) is 31.9 Å². The average molecular weight is 397 g/mol. The second-order valence-corrected chi connectivity index (χ2v) is 7.78. The Morgan fingerprint density at radius 1 is 1.10 bits per heavy atom. The number of hydrogen-bond acceptors (Lipinski definition) is 4. The molecule has 5 nitrogen and oxygen atoms in total. The molecule has 1 heterocycles. The third-order valence-electron chi connectivity index (χ3n) is 5.75. The van der Waals surface area contributed by atoms with Crippen molar-refractivity contribution in [2.24, 2.45) is 5.92 Å². The number of methoxy groups -OCH3 is 2. The van der Waals surface area contributed by atoms with Gasteiger partial charge in [-0.05, 0) is 29.2 Å². The van der Waals surface area contributed by atoms with Crippen molar-refractivity contribution in [3.8, 4) is 5.75 Å². The van der Waals surface area contributed by atoms with E-state index >= 15 is 0 Å². The molecule has 1 aliphatic rings. The number of carbonyl (C=O) groups is 1. The lowest BCUT2D eigenvalue weighted by molar-refractivity contribution is -0.130. The van der Waals surface area contributed by atoms with Gasteiger partial charge in [-0.3, -0.25) is 9.69 Å². The monoisotopic (exact) mass is 396 g/mol. The van der Waals surface area contributed by atoms with Crippen LogP contribution >= 0.6 is 0 Å². The van der Waals surface area contributed by atoms with Crippen LogP contribution in [-0.2, 0) is 16.1 Å². The normalized spacial score (nSPS) is 19.3. The van der Waals surface area contributed by atoms with Crippen molar-refractivity contribution >= 4 is 5.91 Å². The van der Waals surface area contributed by atoms with Crippen molar-refractivity contribution in [1.82, 2.24) is 9.80 Å². The topological polar surface area (TPSA) is 42.0 Å². The van der Waals surface area contributed by atoms with E-state index in [9.17, 15) is 4.79 Å². The molecule has 1 saturated heterocycles. The van der Waals surface area contributed by atoms with Gasteiger partial charge in [0.05, 0.1) is 13.7 Å². The maximum Gasteiger partial charge on any atom is 0.219 e. The first kappa shape index (κ1) is 21.3. The number of nitrogens with zero attached hydrogens (tertiary/aromatic N) is 2. The zero-order valence-electron chi connectivity index (χ0n) is 17.7. The van der Waals surface area contributed by atoms with Crippen molar-refractivity contribution in [2.45, 2.75) is 19.4 Å². The van der Waals surface area contributed by atoms with Gasteiger partial charge in [0.1, 0.15) is 5.75 Å². The second kappa shape index (κ2) is 10.4. The lowest BCUT2D eigenvalue weighted by Crippen LogP contribution is -2.38. The molecule has 0 aromatic heterocycles. The Bertz CT molecular complexity index is 781. The summed E-state index contributed by atoms with van der Waals surface area (Å²) in [7, 11) is 3.38. The fraction of sp³-hybridized carbons (Fsp3) is 0.458. The fourth-order valence-corrected chi connectivity index (χ4v) is 4.23. The summed E-state index contributed by atoms with van der Waals surface area (Å²) in [6.45, 7) is 6.45. The third kappa shape index (κ3) is 5.81. The van der Waals surface area contributed by atoms with E-state index in [-0.39, 0.29) is 5.91 Å². The van der Waals surface area contributed by atoms with E-state index in [1.165, 1.54) is 11.1 Å². The minimum Gasteiger partial charge on any atom is -0.497 e. The van der Waals surface area contributed by atoms with Gasteiger partial charge in [0.2, 0.25) is 5.91 Å². The number of carbonyl (C=O) groups excluding carboxylic acids is 1. The number of rotatable bonds is 9. The summed E-state index contributed by atoms with van der Waals surface area (Å²) in [5, 5.41) is 0. The van der Waals surface area contributed by atoms with Gasteiger partial charge in [-0.2, -0.15) is 0 Å². The van der Waals surface area contributed by atoms with Gasteiger partial charge in [-0.25, -0.2) is 0 Å². The fourth-order valence-electron chi connectivity index (χ4n) is 4.23. The quantitative estimate of drug-likeness (QED) is 0.651. The summed E-state index contributed by atoms with van der Waals surface area (Å²) < 4.78 is 10.7. The predicted molar refractivity (Wildman–Crippen MR) is 115 cm³/mol. The Labute approximate surface area is 174 Å². The molecule has 0 bridgehead atoms. The van der Waals surface area contributed by atoms with Crippen LogP contribution in [0.1, 0.15) is 24.0 Å². The van der Waals surface area contributed by atoms with E-state index in [0.29, 0.717) is 25.0 Å². The zero-order valence-corrected chi connectivity index (χ0v) is 17.7. The molecular formula is C24H32N2O3. The van der Waals surface area contributed by atoms with Crippen LogP contribution in [0.2, 0.25) is 0 Å². The standard InChI is InChI=1S/C24H32N2O3/c1-19(27)26(12-13-28-2)17-22-16-25(15-20-8-5-4-6-9-20)18-24(22)21-10-7-11-23(14-21)29-3/h4-11,14,22,24H,12-13,15-18H2,1-3H3. The predicted octanol–water partition coefficient (Wildman–Crippen LogP) is 3.41. The van der Waals surface area contributed by atoms with Gasteiger partial charge < -0.3 is 14.4 Å². The summed E-state index contributed by atoms with van der Waals surface area (Å²) in [5.74, 6) is 1.71. The van der Waals surface area contributed by atoms with Crippen molar-refractivity contribution < 1.29 is 14.3 Å². The number of likely N-dealkylation sites (tertiary alicyclic amines) is 1. The minimum atomic E-state index is 0.105. The first-order valence-corrected chi connectivity index (χ1v) is 10.3. The van der Waals surface area contributed by atoms with Crippen molar-refractivity contribution in [3.05, 3.63) is 65.7 Å². The van der Waals surface area contributed by atoms with Crippen LogP contribution in [-0.4, -0.2) is 62.7 Å². The first-order valence-electron chi connectivity index (χ1n) is 10.3. The van der Waals surface area contributed by atoms with Crippen LogP contribution < -0.4 is 4.74 Å². The lowest BCUT2D eigenvalue weighted by Gasteiger charge is -2.27. The molecule has 0 aliphatic carbocycles. The maximum atomic E-state index is 12.2. The highest BCUT2D eigenvalue weighted by Crippen LogP contribution is 2.35. The van der Waals surface area contributed by atoms with Crippen molar-refractivity contribution in [1.29, 1.82) is 0 Å². The van der Waals surface area contributed by atoms with Gasteiger partial charge in [0, 0.05) is 52.7 Å². The number of ether oxygens (including phenoxy) is 2. The molecule has 1 aliphatic heterocycles. The molecule has 29 heavy (non-hydrogen) atoms. The molecule has 2 unspecified atom stereocenters. The number of hydrogen-bond donors (Lipinski definition) is 0. The van der Waals surface area contributed by atoms with E-state index < -0.39 is 0 Å². The first-order chi connectivity index (χ1) is 14.1. The van der Waals surface area contributed by atoms with Gasteiger partial charge in [0.25, 0.3) is 0 Å². The lowest BCUT2D eigenvalue weighted by atomic mass is 9.88. The summed E-state index contributed by atoms with van der Waals surface area (Å²) in [6, 6.07) is 18.9. The largest absolute Gasteiger partial charge is 0.497 e. The van der Waals surface area contributed by atoms with Crippen LogP contribution in [0.3, 0.4) is 0 Å². The van der Waals surface area contributed by atoms with Gasteiger partial charge in [-0.15, -0.1) is 0 Å². The molecule has 156 valence electrons. The molecule has 5 heteroatoms. The Hall–Kier alpha value is -2.37. The molecule has 3 rings (SSSR count). The summed E-state index contributed by atoms with van der Waals surface area (Å²) >= 11 is 0. The molecule has 0 N–H and O–H groups in total.